The maximum Gasteiger partial charge on any atom is 0.0485 e. The molecule has 26 heavy (non-hydrogen) atoms. The number of benzene rings is 3. The van der Waals surface area contributed by atoms with Crippen LogP contribution in [0.5, 0.6) is 0 Å². The number of aromatic nitrogens is 1. The summed E-state index contributed by atoms with van der Waals surface area (Å²) in [4.78, 5) is 0. The zero-order valence-electron chi connectivity index (χ0n) is 15.2. The predicted molar refractivity (Wildman–Crippen MR) is 110 cm³/mol. The van der Waals surface area contributed by atoms with Gasteiger partial charge in [-0.2, -0.15) is 0 Å². The minimum Gasteiger partial charge on any atom is -0.350 e. The molecular weight excluding hydrogens is 316 g/mol. The number of rotatable bonds is 4. The Kier molecular flexibility index (Phi) is 4.18. The minimum atomic E-state index is 0.654. The lowest BCUT2D eigenvalue weighted by molar-refractivity contribution is 0.967. The van der Waals surface area contributed by atoms with Crippen LogP contribution in [0.4, 0.5) is 0 Å². The van der Waals surface area contributed by atoms with Gasteiger partial charge in [0.2, 0.25) is 0 Å². The molecule has 1 heterocycles. The van der Waals surface area contributed by atoms with Crippen LogP contribution < -0.4 is 0 Å². The van der Waals surface area contributed by atoms with E-state index in [-0.39, 0.29) is 0 Å². The molecular formula is C24H22N2. The zero-order chi connectivity index (χ0) is 18.1. The van der Waals surface area contributed by atoms with Crippen molar-refractivity contribution in [1.82, 2.24) is 4.57 Å². The van der Waals surface area contributed by atoms with Gasteiger partial charge in [-0.05, 0) is 41.3 Å². The average Bonchev–Trinajstić information content (AvgIpc) is 3.00. The van der Waals surface area contributed by atoms with Crippen LogP contribution in [0.15, 0.2) is 79.0 Å². The molecule has 0 aliphatic carbocycles. The molecule has 0 atom stereocenters. The monoisotopic (exact) mass is 338 g/mol. The first kappa shape index (κ1) is 16.3. The van der Waals surface area contributed by atoms with Crippen molar-refractivity contribution in [1.29, 1.82) is 5.41 Å². The summed E-state index contributed by atoms with van der Waals surface area (Å²) in [6.07, 6.45) is 2.74. The van der Waals surface area contributed by atoms with Crippen molar-refractivity contribution < 1.29 is 0 Å². The van der Waals surface area contributed by atoms with Gasteiger partial charge in [-0.3, -0.25) is 0 Å². The quantitative estimate of drug-likeness (QED) is 0.458. The van der Waals surface area contributed by atoms with E-state index >= 15 is 0 Å². The van der Waals surface area contributed by atoms with E-state index < -0.39 is 0 Å². The SMILES string of the molecule is Cc1ccccc1CC(=N)c1cn(C)c2ccc(-c3ccccc3)cc12. The normalized spacial score (nSPS) is 11.0. The fourth-order valence-corrected chi connectivity index (χ4v) is 3.54. The van der Waals surface area contributed by atoms with Crippen molar-refractivity contribution in [2.24, 2.45) is 7.05 Å². The average molecular weight is 338 g/mol. The van der Waals surface area contributed by atoms with Gasteiger partial charge < -0.3 is 9.98 Å². The van der Waals surface area contributed by atoms with Crippen molar-refractivity contribution in [3.8, 4) is 11.1 Å². The third kappa shape index (κ3) is 2.95. The Hall–Kier alpha value is -3.13. The second-order valence-electron chi connectivity index (χ2n) is 6.83. The third-order valence-corrected chi connectivity index (χ3v) is 5.05. The molecule has 4 rings (SSSR count). The van der Waals surface area contributed by atoms with Crippen LogP contribution >= 0.6 is 0 Å². The van der Waals surface area contributed by atoms with E-state index in [0.717, 1.165) is 16.5 Å². The van der Waals surface area contributed by atoms with Crippen LogP contribution in [0.25, 0.3) is 22.0 Å². The van der Waals surface area contributed by atoms with Crippen LogP contribution in [-0.4, -0.2) is 10.3 Å². The van der Waals surface area contributed by atoms with Crippen molar-refractivity contribution in [2.45, 2.75) is 13.3 Å². The topological polar surface area (TPSA) is 28.8 Å². The fraction of sp³-hybridized carbons (Fsp3) is 0.125. The number of hydrogen-bond donors (Lipinski definition) is 1. The van der Waals surface area contributed by atoms with E-state index in [4.69, 9.17) is 5.41 Å². The highest BCUT2D eigenvalue weighted by Gasteiger charge is 2.13. The molecule has 0 saturated carbocycles. The van der Waals surface area contributed by atoms with Gasteiger partial charge in [0.25, 0.3) is 0 Å². The summed E-state index contributed by atoms with van der Waals surface area (Å²) < 4.78 is 2.12. The summed E-state index contributed by atoms with van der Waals surface area (Å²) in [7, 11) is 2.05. The summed E-state index contributed by atoms with van der Waals surface area (Å²) in [6, 6.07) is 25.3. The highest BCUT2D eigenvalue weighted by atomic mass is 14.9. The third-order valence-electron chi connectivity index (χ3n) is 5.05. The summed E-state index contributed by atoms with van der Waals surface area (Å²) >= 11 is 0. The van der Waals surface area contributed by atoms with Gasteiger partial charge in [0.1, 0.15) is 0 Å². The Balaban J connectivity index is 1.77. The second-order valence-corrected chi connectivity index (χ2v) is 6.83. The summed E-state index contributed by atoms with van der Waals surface area (Å²) in [5, 5.41) is 9.87. The summed E-state index contributed by atoms with van der Waals surface area (Å²) in [6.45, 7) is 2.11. The molecule has 0 unspecified atom stereocenters. The van der Waals surface area contributed by atoms with Crippen molar-refractivity contribution >= 4 is 16.6 Å². The minimum absolute atomic E-state index is 0.654. The Morgan fingerprint density at radius 2 is 1.62 bits per heavy atom. The first-order valence-electron chi connectivity index (χ1n) is 8.90. The molecule has 0 aliphatic rings. The maximum atomic E-state index is 8.72. The molecule has 0 fully saturated rings. The van der Waals surface area contributed by atoms with Gasteiger partial charge in [0.15, 0.2) is 0 Å². The van der Waals surface area contributed by atoms with E-state index in [1.807, 2.05) is 18.2 Å². The van der Waals surface area contributed by atoms with Gasteiger partial charge in [-0.1, -0.05) is 60.7 Å². The molecule has 2 heteroatoms. The van der Waals surface area contributed by atoms with E-state index in [2.05, 4.69) is 79.3 Å². The highest BCUT2D eigenvalue weighted by Crippen LogP contribution is 2.28. The summed E-state index contributed by atoms with van der Waals surface area (Å²) in [5.74, 6) is 0. The van der Waals surface area contributed by atoms with Crippen molar-refractivity contribution in [2.75, 3.05) is 0 Å². The molecule has 1 N–H and O–H groups in total. The van der Waals surface area contributed by atoms with Crippen molar-refractivity contribution in [3.63, 3.8) is 0 Å². The van der Waals surface area contributed by atoms with E-state index in [0.29, 0.717) is 12.1 Å². The Morgan fingerprint density at radius 3 is 2.38 bits per heavy atom. The molecule has 4 aromatic rings. The Bertz CT molecular complexity index is 1090. The van der Waals surface area contributed by atoms with Crippen LogP contribution in [0.1, 0.15) is 16.7 Å². The largest absolute Gasteiger partial charge is 0.350 e. The molecule has 3 aromatic carbocycles. The Labute approximate surface area is 154 Å². The number of nitrogens with zero attached hydrogens (tertiary/aromatic N) is 1. The molecule has 128 valence electrons. The van der Waals surface area contributed by atoms with Crippen LogP contribution in [-0.2, 0) is 13.5 Å². The first-order valence-corrected chi connectivity index (χ1v) is 8.90. The number of fused-ring (bicyclic) bond motifs is 1. The van der Waals surface area contributed by atoms with Gasteiger partial charge in [-0.25, -0.2) is 0 Å². The molecule has 0 saturated heterocycles. The zero-order valence-corrected chi connectivity index (χ0v) is 15.2. The number of aryl methyl sites for hydroxylation is 2. The van der Waals surface area contributed by atoms with Crippen LogP contribution in [0.2, 0.25) is 0 Å². The lowest BCUT2D eigenvalue weighted by Crippen LogP contribution is -2.04. The highest BCUT2D eigenvalue weighted by molar-refractivity contribution is 6.11. The predicted octanol–water partition coefficient (Wildman–Crippen LogP) is 5.76. The van der Waals surface area contributed by atoms with E-state index in [9.17, 15) is 0 Å². The molecule has 0 spiro atoms. The lowest BCUT2D eigenvalue weighted by Gasteiger charge is -2.07. The number of hydrogen-bond acceptors (Lipinski definition) is 1. The molecule has 2 nitrogen and oxygen atoms in total. The second kappa shape index (κ2) is 6.64. The molecule has 1 aromatic heterocycles. The number of nitrogens with one attached hydrogen (secondary N) is 1. The van der Waals surface area contributed by atoms with E-state index in [1.54, 1.807) is 0 Å². The smallest absolute Gasteiger partial charge is 0.0485 e. The van der Waals surface area contributed by atoms with Crippen LogP contribution in [0, 0.1) is 12.3 Å². The standard InChI is InChI=1S/C24H22N2/c1-17-8-6-7-11-19(17)15-23(25)22-16-26(2)24-13-12-20(14-21(22)24)18-9-4-3-5-10-18/h3-14,16,25H,15H2,1-2H3. The maximum absolute atomic E-state index is 8.72. The van der Waals surface area contributed by atoms with Gasteiger partial charge in [-0.15, -0.1) is 0 Å². The van der Waals surface area contributed by atoms with Crippen LogP contribution in [0.3, 0.4) is 0 Å². The van der Waals surface area contributed by atoms with Gasteiger partial charge >= 0.3 is 0 Å². The van der Waals surface area contributed by atoms with Gasteiger partial charge in [0.05, 0.1) is 0 Å². The van der Waals surface area contributed by atoms with Gasteiger partial charge in [0, 0.05) is 41.8 Å². The Morgan fingerprint density at radius 1 is 0.885 bits per heavy atom. The molecule has 0 aliphatic heterocycles. The first-order chi connectivity index (χ1) is 12.6. The van der Waals surface area contributed by atoms with Crippen molar-refractivity contribution in [3.05, 3.63) is 95.7 Å². The molecule has 0 amide bonds. The fourth-order valence-electron chi connectivity index (χ4n) is 3.54. The molecule has 0 radical (unpaired) electrons. The lowest BCUT2D eigenvalue weighted by atomic mass is 9.97. The summed E-state index contributed by atoms with van der Waals surface area (Å²) in [5.41, 5.74) is 7.69. The molecule has 0 bridgehead atoms. The van der Waals surface area contributed by atoms with E-state index in [1.165, 1.54) is 22.3 Å².